The third-order valence-corrected chi connectivity index (χ3v) is 3.94. The fourth-order valence-electron chi connectivity index (χ4n) is 2.39. The number of rotatable bonds is 0. The first-order chi connectivity index (χ1) is 6.77. The molecule has 1 aliphatic carbocycles. The van der Waals surface area contributed by atoms with Crippen LogP contribution >= 0.6 is 15.9 Å². The van der Waals surface area contributed by atoms with E-state index in [4.69, 9.17) is 0 Å². The van der Waals surface area contributed by atoms with Gasteiger partial charge in [0.25, 0.3) is 0 Å². The summed E-state index contributed by atoms with van der Waals surface area (Å²) in [6.45, 7) is 1.14. The Morgan fingerprint density at radius 1 is 1.21 bits per heavy atom. The van der Waals surface area contributed by atoms with Gasteiger partial charge in [0.1, 0.15) is 0 Å². The third-order valence-electron chi connectivity index (χ3n) is 3.45. The first-order valence-corrected chi connectivity index (χ1v) is 6.09. The van der Waals surface area contributed by atoms with Crippen molar-refractivity contribution >= 4 is 15.9 Å². The maximum atomic E-state index is 3.68. The van der Waals surface area contributed by atoms with Gasteiger partial charge in [-0.05, 0) is 55.5 Å². The van der Waals surface area contributed by atoms with E-state index in [1.807, 2.05) is 0 Å². The van der Waals surface area contributed by atoms with Gasteiger partial charge in [-0.1, -0.05) is 22.0 Å². The minimum absolute atomic E-state index is 0.485. The molecule has 0 aromatic heterocycles. The zero-order valence-electron chi connectivity index (χ0n) is 8.15. The molecule has 0 radical (unpaired) electrons. The van der Waals surface area contributed by atoms with Crippen LogP contribution in [0.5, 0.6) is 0 Å². The summed E-state index contributed by atoms with van der Waals surface area (Å²) in [5.41, 5.74) is 3.56. The van der Waals surface area contributed by atoms with E-state index in [0.29, 0.717) is 5.54 Å². The van der Waals surface area contributed by atoms with E-state index < -0.39 is 0 Å². The Morgan fingerprint density at radius 3 is 2.86 bits per heavy atom. The molecule has 1 aromatic carbocycles. The fourth-order valence-corrected chi connectivity index (χ4v) is 2.80. The van der Waals surface area contributed by atoms with Gasteiger partial charge < -0.3 is 5.32 Å². The van der Waals surface area contributed by atoms with Gasteiger partial charge in [0.2, 0.25) is 0 Å². The minimum atomic E-state index is 0.485. The summed E-state index contributed by atoms with van der Waals surface area (Å²) in [5.74, 6) is 0. The Hall–Kier alpha value is -0.340. The Kier molecular flexibility index (Phi) is 1.96. The third kappa shape index (κ3) is 1.51. The smallest absolute Gasteiger partial charge is 0.0223 e. The molecule has 0 bridgehead atoms. The zero-order valence-corrected chi connectivity index (χ0v) is 9.73. The zero-order chi connectivity index (χ0) is 9.60. The number of fused-ring (bicyclic) bond motifs is 1. The quantitative estimate of drug-likeness (QED) is 0.748. The summed E-state index contributed by atoms with van der Waals surface area (Å²) in [6, 6.07) is 6.73. The van der Waals surface area contributed by atoms with Gasteiger partial charge in [-0.15, -0.1) is 0 Å². The van der Waals surface area contributed by atoms with Gasteiger partial charge in [-0.25, -0.2) is 0 Å². The Bertz CT molecular complexity index is 369. The molecule has 1 aliphatic heterocycles. The minimum Gasteiger partial charge on any atom is -0.311 e. The predicted molar refractivity (Wildman–Crippen MR) is 61.5 cm³/mol. The van der Waals surface area contributed by atoms with Gasteiger partial charge in [0.15, 0.2) is 0 Å². The summed E-state index contributed by atoms with van der Waals surface area (Å²) >= 11 is 3.54. The maximum absolute atomic E-state index is 3.68. The number of nitrogens with one attached hydrogen (secondary N) is 1. The molecule has 1 N–H and O–H groups in total. The van der Waals surface area contributed by atoms with Crippen LogP contribution in [0.3, 0.4) is 0 Å². The highest BCUT2D eigenvalue weighted by Crippen LogP contribution is 2.40. The lowest BCUT2D eigenvalue weighted by atomic mass is 10.00. The first kappa shape index (κ1) is 8.93. The second-order valence-electron chi connectivity index (χ2n) is 4.55. The molecule has 1 spiro atoms. The Morgan fingerprint density at radius 2 is 2.07 bits per heavy atom. The van der Waals surface area contributed by atoms with Crippen LogP contribution in [0, 0.1) is 0 Å². The average Bonchev–Trinajstić information content (AvgIpc) is 2.93. The molecule has 1 aromatic rings. The van der Waals surface area contributed by atoms with Crippen LogP contribution in [-0.2, 0) is 12.8 Å². The summed E-state index contributed by atoms with van der Waals surface area (Å²) in [4.78, 5) is 0. The Balaban J connectivity index is 1.99. The second-order valence-corrected chi connectivity index (χ2v) is 5.46. The molecule has 3 rings (SSSR count). The molecular weight excluding hydrogens is 238 g/mol. The van der Waals surface area contributed by atoms with Gasteiger partial charge in [0, 0.05) is 10.0 Å². The fraction of sp³-hybridized carbons (Fsp3) is 0.500. The molecule has 14 heavy (non-hydrogen) atoms. The van der Waals surface area contributed by atoms with Crippen molar-refractivity contribution in [2.24, 2.45) is 0 Å². The van der Waals surface area contributed by atoms with E-state index in [-0.39, 0.29) is 0 Å². The molecule has 2 heteroatoms. The Labute approximate surface area is 93.0 Å². The normalized spacial score (nSPS) is 22.9. The summed E-state index contributed by atoms with van der Waals surface area (Å²) in [7, 11) is 0. The topological polar surface area (TPSA) is 12.0 Å². The number of hydrogen-bond acceptors (Lipinski definition) is 1. The lowest BCUT2D eigenvalue weighted by Crippen LogP contribution is -2.32. The van der Waals surface area contributed by atoms with Crippen LogP contribution in [0.15, 0.2) is 22.7 Å². The van der Waals surface area contributed by atoms with Crippen molar-refractivity contribution in [2.75, 3.05) is 6.54 Å². The molecular formula is C12H14BrN. The lowest BCUT2D eigenvalue weighted by molar-refractivity contribution is 0.514. The first-order valence-electron chi connectivity index (χ1n) is 5.30. The van der Waals surface area contributed by atoms with Gasteiger partial charge in [-0.2, -0.15) is 0 Å². The highest BCUT2D eigenvalue weighted by molar-refractivity contribution is 9.10. The molecule has 0 saturated heterocycles. The van der Waals surface area contributed by atoms with Gasteiger partial charge in [-0.3, -0.25) is 0 Å². The second kappa shape index (κ2) is 3.07. The van der Waals surface area contributed by atoms with Crippen LogP contribution in [0.2, 0.25) is 0 Å². The molecule has 0 amide bonds. The van der Waals surface area contributed by atoms with E-state index in [9.17, 15) is 0 Å². The van der Waals surface area contributed by atoms with E-state index >= 15 is 0 Å². The molecule has 0 unspecified atom stereocenters. The summed E-state index contributed by atoms with van der Waals surface area (Å²) in [5, 5.41) is 3.68. The van der Waals surface area contributed by atoms with E-state index in [1.54, 1.807) is 5.56 Å². The van der Waals surface area contributed by atoms with Crippen LogP contribution in [0.25, 0.3) is 0 Å². The van der Waals surface area contributed by atoms with Crippen molar-refractivity contribution < 1.29 is 0 Å². The van der Waals surface area contributed by atoms with E-state index in [0.717, 1.165) is 6.54 Å². The molecule has 1 saturated carbocycles. The SMILES string of the molecule is Brc1ccc2c(c1)CCNC1(CC1)C2. The van der Waals surface area contributed by atoms with Gasteiger partial charge in [0.05, 0.1) is 0 Å². The predicted octanol–water partition coefficient (Wildman–Crippen LogP) is 2.67. The summed E-state index contributed by atoms with van der Waals surface area (Å²) in [6.07, 6.45) is 5.14. The average molecular weight is 252 g/mol. The van der Waals surface area contributed by atoms with Crippen molar-refractivity contribution in [1.29, 1.82) is 0 Å². The molecule has 1 fully saturated rings. The van der Waals surface area contributed by atoms with E-state index in [1.165, 1.54) is 35.7 Å². The standard InChI is InChI=1S/C12H14BrN/c13-11-2-1-10-8-12(4-5-12)14-6-3-9(10)7-11/h1-2,7,14H,3-6,8H2. The van der Waals surface area contributed by atoms with Gasteiger partial charge >= 0.3 is 0 Å². The highest BCUT2D eigenvalue weighted by Gasteiger charge is 2.43. The molecule has 74 valence electrons. The number of hydrogen-bond donors (Lipinski definition) is 1. The number of halogens is 1. The van der Waals surface area contributed by atoms with Crippen LogP contribution < -0.4 is 5.32 Å². The van der Waals surface area contributed by atoms with Crippen molar-refractivity contribution in [1.82, 2.24) is 5.32 Å². The molecule has 1 heterocycles. The molecule has 1 nitrogen and oxygen atoms in total. The van der Waals surface area contributed by atoms with E-state index in [2.05, 4.69) is 39.4 Å². The van der Waals surface area contributed by atoms with Crippen molar-refractivity contribution in [3.05, 3.63) is 33.8 Å². The van der Waals surface area contributed by atoms with Crippen molar-refractivity contribution in [3.8, 4) is 0 Å². The largest absolute Gasteiger partial charge is 0.311 e. The number of benzene rings is 1. The van der Waals surface area contributed by atoms with Crippen LogP contribution in [0.1, 0.15) is 24.0 Å². The highest BCUT2D eigenvalue weighted by atomic mass is 79.9. The maximum Gasteiger partial charge on any atom is 0.0223 e. The van der Waals surface area contributed by atoms with Crippen molar-refractivity contribution in [2.45, 2.75) is 31.2 Å². The lowest BCUT2D eigenvalue weighted by Gasteiger charge is -2.13. The monoisotopic (exact) mass is 251 g/mol. The van der Waals surface area contributed by atoms with Crippen LogP contribution in [0.4, 0.5) is 0 Å². The van der Waals surface area contributed by atoms with Crippen molar-refractivity contribution in [3.63, 3.8) is 0 Å². The molecule has 2 aliphatic rings. The molecule has 0 atom stereocenters. The van der Waals surface area contributed by atoms with Crippen LogP contribution in [-0.4, -0.2) is 12.1 Å². The summed E-state index contributed by atoms with van der Waals surface area (Å²) < 4.78 is 1.21.